The number of rotatable bonds is 1. The summed E-state index contributed by atoms with van der Waals surface area (Å²) in [7, 11) is 0. The van der Waals surface area contributed by atoms with E-state index in [9.17, 15) is 4.39 Å². The van der Waals surface area contributed by atoms with E-state index in [0.717, 1.165) is 18.8 Å². The van der Waals surface area contributed by atoms with Crippen LogP contribution in [0.15, 0.2) is 18.2 Å². The highest BCUT2D eigenvalue weighted by Gasteiger charge is 2.34. The molecule has 0 spiro atoms. The third-order valence-electron chi connectivity index (χ3n) is 4.12. The Balaban J connectivity index is 1.86. The molecule has 0 bridgehead atoms. The van der Waals surface area contributed by atoms with Crippen molar-refractivity contribution in [2.45, 2.75) is 31.8 Å². The second-order valence-corrected chi connectivity index (χ2v) is 5.86. The van der Waals surface area contributed by atoms with Crippen LogP contribution in [-0.4, -0.2) is 36.6 Å². The summed E-state index contributed by atoms with van der Waals surface area (Å²) in [5.74, 6) is -0.251. The first kappa shape index (κ1) is 12.2. The minimum atomic E-state index is -0.251. The van der Waals surface area contributed by atoms with Gasteiger partial charge in [0.25, 0.3) is 0 Å². The lowest BCUT2D eigenvalue weighted by Gasteiger charge is -2.43. The Labute approximate surface area is 112 Å². The molecule has 0 aromatic heterocycles. The largest absolute Gasteiger partial charge is 0.366 e. The van der Waals surface area contributed by atoms with Gasteiger partial charge in [0.2, 0.25) is 0 Å². The molecule has 98 valence electrons. The minimum Gasteiger partial charge on any atom is -0.366 e. The lowest BCUT2D eigenvalue weighted by atomic mass is 10.1. The molecule has 3 rings (SSSR count). The number of benzene rings is 1. The fraction of sp³-hybridized carbons (Fsp3) is 0.571. The van der Waals surface area contributed by atoms with Crippen LogP contribution in [-0.2, 0) is 0 Å². The quantitative estimate of drug-likeness (QED) is 0.772. The molecule has 1 aromatic carbocycles. The highest BCUT2D eigenvalue weighted by atomic mass is 35.5. The van der Waals surface area contributed by atoms with Gasteiger partial charge in [0.1, 0.15) is 5.82 Å². The molecule has 2 unspecified atom stereocenters. The van der Waals surface area contributed by atoms with Crippen molar-refractivity contribution in [1.29, 1.82) is 0 Å². The number of halogens is 2. The predicted octanol–water partition coefficient (Wildman–Crippen LogP) is 3.15. The second-order valence-electron chi connectivity index (χ2n) is 5.42. The van der Waals surface area contributed by atoms with Crippen molar-refractivity contribution < 1.29 is 4.39 Å². The summed E-state index contributed by atoms with van der Waals surface area (Å²) < 4.78 is 13.5. The summed E-state index contributed by atoms with van der Waals surface area (Å²) in [5, 5.41) is 0.478. The second kappa shape index (κ2) is 4.71. The van der Waals surface area contributed by atoms with Gasteiger partial charge in [0.05, 0.1) is 0 Å². The Morgan fingerprint density at radius 1 is 1.28 bits per heavy atom. The van der Waals surface area contributed by atoms with E-state index in [4.69, 9.17) is 11.6 Å². The minimum absolute atomic E-state index is 0.251. The molecule has 18 heavy (non-hydrogen) atoms. The van der Waals surface area contributed by atoms with Crippen molar-refractivity contribution in [2.75, 3.05) is 24.5 Å². The van der Waals surface area contributed by atoms with E-state index >= 15 is 0 Å². The van der Waals surface area contributed by atoms with Gasteiger partial charge in [0, 0.05) is 35.9 Å². The van der Waals surface area contributed by atoms with E-state index in [1.165, 1.54) is 25.5 Å². The van der Waals surface area contributed by atoms with Crippen LogP contribution >= 0.6 is 11.6 Å². The first-order valence-electron chi connectivity index (χ1n) is 6.60. The topological polar surface area (TPSA) is 6.48 Å². The molecule has 2 atom stereocenters. The van der Waals surface area contributed by atoms with E-state index < -0.39 is 0 Å². The molecule has 2 aliphatic rings. The van der Waals surface area contributed by atoms with E-state index in [1.807, 2.05) is 6.07 Å². The zero-order valence-corrected chi connectivity index (χ0v) is 11.3. The van der Waals surface area contributed by atoms with Crippen molar-refractivity contribution >= 4 is 17.3 Å². The maximum atomic E-state index is 13.5. The van der Waals surface area contributed by atoms with Crippen LogP contribution < -0.4 is 4.90 Å². The van der Waals surface area contributed by atoms with E-state index in [1.54, 1.807) is 6.07 Å². The van der Waals surface area contributed by atoms with Gasteiger partial charge in [-0.05, 0) is 44.5 Å². The first-order chi connectivity index (χ1) is 8.63. The zero-order valence-electron chi connectivity index (χ0n) is 10.6. The molecule has 1 aromatic rings. The van der Waals surface area contributed by atoms with Gasteiger partial charge in [-0.15, -0.1) is 0 Å². The third kappa shape index (κ3) is 2.21. The summed E-state index contributed by atoms with van der Waals surface area (Å²) in [6, 6.07) is 5.86. The summed E-state index contributed by atoms with van der Waals surface area (Å²) in [5.41, 5.74) is 0.916. The number of hydrogen-bond donors (Lipinski definition) is 0. The van der Waals surface area contributed by atoms with Gasteiger partial charge < -0.3 is 4.90 Å². The molecule has 0 aliphatic carbocycles. The maximum absolute atomic E-state index is 13.5. The fourth-order valence-electron chi connectivity index (χ4n) is 3.25. The van der Waals surface area contributed by atoms with Gasteiger partial charge in [0.15, 0.2) is 0 Å². The van der Waals surface area contributed by atoms with Crippen LogP contribution in [0.3, 0.4) is 0 Å². The lowest BCUT2D eigenvalue weighted by Crippen LogP contribution is -2.55. The molecule has 0 N–H and O–H groups in total. The number of piperazine rings is 1. The Kier molecular flexibility index (Phi) is 3.20. The van der Waals surface area contributed by atoms with Crippen molar-refractivity contribution in [3.05, 3.63) is 29.0 Å². The summed E-state index contributed by atoms with van der Waals surface area (Å²) >= 11 is 5.95. The van der Waals surface area contributed by atoms with Gasteiger partial charge in [-0.3, -0.25) is 4.90 Å². The number of fused-ring (bicyclic) bond motifs is 1. The van der Waals surface area contributed by atoms with Gasteiger partial charge in [-0.1, -0.05) is 11.6 Å². The Hall–Kier alpha value is -0.800. The SMILES string of the molecule is CC1CN2CCCC2CN1c1cc(F)cc(Cl)c1. The van der Waals surface area contributed by atoms with Gasteiger partial charge in [-0.25, -0.2) is 4.39 Å². The monoisotopic (exact) mass is 268 g/mol. The van der Waals surface area contributed by atoms with Crippen LogP contribution in [0.25, 0.3) is 0 Å². The normalized spacial score (nSPS) is 28.5. The third-order valence-corrected chi connectivity index (χ3v) is 4.33. The lowest BCUT2D eigenvalue weighted by molar-refractivity contribution is 0.203. The van der Waals surface area contributed by atoms with Crippen molar-refractivity contribution in [1.82, 2.24) is 4.90 Å². The van der Waals surface area contributed by atoms with Crippen LogP contribution in [0.4, 0.5) is 10.1 Å². The first-order valence-corrected chi connectivity index (χ1v) is 6.98. The average molecular weight is 269 g/mol. The van der Waals surface area contributed by atoms with Gasteiger partial charge >= 0.3 is 0 Å². The molecule has 0 amide bonds. The fourth-order valence-corrected chi connectivity index (χ4v) is 3.47. The van der Waals surface area contributed by atoms with Crippen molar-refractivity contribution in [3.8, 4) is 0 Å². The molecule has 0 saturated carbocycles. The molecule has 2 fully saturated rings. The van der Waals surface area contributed by atoms with Crippen LogP contribution in [0, 0.1) is 5.82 Å². The Morgan fingerprint density at radius 3 is 2.89 bits per heavy atom. The molecule has 2 saturated heterocycles. The Morgan fingerprint density at radius 2 is 2.11 bits per heavy atom. The smallest absolute Gasteiger partial charge is 0.126 e. The van der Waals surface area contributed by atoms with E-state index in [2.05, 4.69) is 16.7 Å². The number of hydrogen-bond acceptors (Lipinski definition) is 2. The van der Waals surface area contributed by atoms with Crippen molar-refractivity contribution in [2.24, 2.45) is 0 Å². The summed E-state index contributed by atoms with van der Waals surface area (Å²) in [6.07, 6.45) is 2.54. The Bertz CT molecular complexity index is 431. The molecule has 2 aliphatic heterocycles. The molecule has 0 radical (unpaired) electrons. The highest BCUT2D eigenvalue weighted by molar-refractivity contribution is 6.30. The van der Waals surface area contributed by atoms with Crippen LogP contribution in [0.1, 0.15) is 19.8 Å². The molecule has 2 heterocycles. The maximum Gasteiger partial charge on any atom is 0.126 e. The molecule has 4 heteroatoms. The summed E-state index contributed by atoms with van der Waals surface area (Å²) in [6.45, 7) is 5.47. The van der Waals surface area contributed by atoms with Crippen LogP contribution in [0.5, 0.6) is 0 Å². The number of anilines is 1. The number of nitrogens with zero attached hydrogens (tertiary/aromatic N) is 2. The van der Waals surface area contributed by atoms with E-state index in [-0.39, 0.29) is 5.82 Å². The standard InChI is InChI=1S/C14H18ClFN2/c1-10-8-17-4-2-3-13(17)9-18(10)14-6-11(15)5-12(16)7-14/h5-7,10,13H,2-4,8-9H2,1H3. The van der Waals surface area contributed by atoms with Crippen LogP contribution in [0.2, 0.25) is 5.02 Å². The predicted molar refractivity (Wildman–Crippen MR) is 72.8 cm³/mol. The molecule has 2 nitrogen and oxygen atoms in total. The summed E-state index contributed by atoms with van der Waals surface area (Å²) in [4.78, 5) is 4.85. The van der Waals surface area contributed by atoms with Crippen molar-refractivity contribution in [3.63, 3.8) is 0 Å². The average Bonchev–Trinajstić information content (AvgIpc) is 2.73. The molecular formula is C14H18ClFN2. The van der Waals surface area contributed by atoms with E-state index in [0.29, 0.717) is 17.1 Å². The molecular weight excluding hydrogens is 251 g/mol. The van der Waals surface area contributed by atoms with Gasteiger partial charge in [-0.2, -0.15) is 0 Å². The highest BCUT2D eigenvalue weighted by Crippen LogP contribution is 2.30. The zero-order chi connectivity index (χ0) is 12.7.